The van der Waals surface area contributed by atoms with E-state index in [4.69, 9.17) is 5.11 Å². The van der Waals surface area contributed by atoms with Crippen molar-refractivity contribution in [2.75, 3.05) is 13.2 Å². The van der Waals surface area contributed by atoms with Gasteiger partial charge in [-0.15, -0.1) is 0 Å². The zero-order chi connectivity index (χ0) is 11.6. The van der Waals surface area contributed by atoms with Gasteiger partial charge in [0, 0.05) is 25.0 Å². The van der Waals surface area contributed by atoms with Gasteiger partial charge in [-0.1, -0.05) is 12.8 Å². The van der Waals surface area contributed by atoms with E-state index in [1.54, 1.807) is 0 Å². The predicted molar refractivity (Wildman–Crippen MR) is 66.2 cm³/mol. The number of aliphatic hydroxyl groups excluding tert-OH is 1. The topological polar surface area (TPSA) is 45.1 Å². The van der Waals surface area contributed by atoms with E-state index in [0.29, 0.717) is 12.6 Å². The number of rotatable bonds is 8. The van der Waals surface area contributed by atoms with Gasteiger partial charge in [0.05, 0.1) is 0 Å². The molecule has 0 spiro atoms. The number of hydrogen-bond acceptors (Lipinski definition) is 3. The maximum Gasteiger partial charge on any atom is 0.0431 e. The Bertz CT molecular complexity index is 264. The Hall–Kier alpha value is -0.930. The van der Waals surface area contributed by atoms with Crippen LogP contribution in [0.4, 0.5) is 0 Å². The van der Waals surface area contributed by atoms with Gasteiger partial charge in [-0.2, -0.15) is 0 Å². The molecule has 1 unspecified atom stereocenters. The van der Waals surface area contributed by atoms with Crippen LogP contribution in [0.15, 0.2) is 24.5 Å². The number of unbranched alkanes of at least 4 members (excludes halogenated alkanes) is 3. The molecule has 0 aliphatic carbocycles. The third-order valence-corrected chi connectivity index (χ3v) is 2.74. The Morgan fingerprint density at radius 1 is 1.19 bits per heavy atom. The van der Waals surface area contributed by atoms with Gasteiger partial charge < -0.3 is 10.4 Å². The molecule has 3 heteroatoms. The zero-order valence-corrected chi connectivity index (χ0v) is 10.0. The number of aromatic nitrogens is 1. The molecule has 0 radical (unpaired) electrons. The molecule has 1 heterocycles. The molecule has 90 valence electrons. The second-order valence-corrected chi connectivity index (χ2v) is 4.09. The summed E-state index contributed by atoms with van der Waals surface area (Å²) in [6.45, 7) is 3.53. The van der Waals surface area contributed by atoms with Crippen molar-refractivity contribution in [2.24, 2.45) is 0 Å². The summed E-state index contributed by atoms with van der Waals surface area (Å²) in [6, 6.07) is 4.48. The van der Waals surface area contributed by atoms with E-state index in [2.05, 4.69) is 17.2 Å². The molecule has 2 N–H and O–H groups in total. The lowest BCUT2D eigenvalue weighted by Gasteiger charge is -2.13. The van der Waals surface area contributed by atoms with Gasteiger partial charge in [0.2, 0.25) is 0 Å². The fourth-order valence-corrected chi connectivity index (χ4v) is 1.68. The molecule has 1 aromatic heterocycles. The number of pyridine rings is 1. The Morgan fingerprint density at radius 2 is 1.88 bits per heavy atom. The highest BCUT2D eigenvalue weighted by Gasteiger charge is 2.02. The monoisotopic (exact) mass is 222 g/mol. The largest absolute Gasteiger partial charge is 0.396 e. The highest BCUT2D eigenvalue weighted by Crippen LogP contribution is 2.10. The van der Waals surface area contributed by atoms with Crippen LogP contribution in [0.2, 0.25) is 0 Å². The van der Waals surface area contributed by atoms with Gasteiger partial charge >= 0.3 is 0 Å². The van der Waals surface area contributed by atoms with E-state index in [-0.39, 0.29) is 0 Å². The van der Waals surface area contributed by atoms with Crippen LogP contribution < -0.4 is 5.32 Å². The maximum absolute atomic E-state index is 8.64. The molecule has 0 aliphatic rings. The highest BCUT2D eigenvalue weighted by atomic mass is 16.2. The van der Waals surface area contributed by atoms with Crippen LogP contribution in [0.1, 0.15) is 44.2 Å². The average molecular weight is 222 g/mol. The molecule has 1 atom stereocenters. The standard InChI is InChI=1S/C13H22N2O/c1-12(13-6-9-14-10-7-13)15-8-4-2-3-5-11-16/h6-7,9-10,12,15-16H,2-5,8,11H2,1H3. The summed E-state index contributed by atoms with van der Waals surface area (Å²) < 4.78 is 0. The first kappa shape index (κ1) is 13.1. The van der Waals surface area contributed by atoms with Crippen molar-refractivity contribution in [3.05, 3.63) is 30.1 Å². The van der Waals surface area contributed by atoms with Gasteiger partial charge in [-0.25, -0.2) is 0 Å². The van der Waals surface area contributed by atoms with Crippen LogP contribution in [0.25, 0.3) is 0 Å². The van der Waals surface area contributed by atoms with E-state index in [1.807, 2.05) is 24.5 Å². The normalized spacial score (nSPS) is 12.6. The molecule has 3 nitrogen and oxygen atoms in total. The molecule has 0 bridgehead atoms. The van der Waals surface area contributed by atoms with E-state index < -0.39 is 0 Å². The van der Waals surface area contributed by atoms with Crippen LogP contribution in [0.5, 0.6) is 0 Å². The fourth-order valence-electron chi connectivity index (χ4n) is 1.68. The third kappa shape index (κ3) is 5.24. The van der Waals surface area contributed by atoms with Crippen molar-refractivity contribution in [2.45, 2.75) is 38.6 Å². The second-order valence-electron chi connectivity index (χ2n) is 4.09. The van der Waals surface area contributed by atoms with Gasteiger partial charge in [-0.05, 0) is 44.0 Å². The Morgan fingerprint density at radius 3 is 2.56 bits per heavy atom. The van der Waals surface area contributed by atoms with Crippen molar-refractivity contribution in [3.63, 3.8) is 0 Å². The zero-order valence-electron chi connectivity index (χ0n) is 10.0. The van der Waals surface area contributed by atoms with Gasteiger partial charge in [0.15, 0.2) is 0 Å². The van der Waals surface area contributed by atoms with E-state index in [9.17, 15) is 0 Å². The number of hydrogen-bond donors (Lipinski definition) is 2. The minimum absolute atomic E-state index is 0.320. The molecule has 1 rings (SSSR count). The first-order chi connectivity index (χ1) is 7.84. The number of nitrogens with zero attached hydrogens (tertiary/aromatic N) is 1. The minimum atomic E-state index is 0.320. The van der Waals surface area contributed by atoms with Crippen molar-refractivity contribution in [3.8, 4) is 0 Å². The van der Waals surface area contributed by atoms with Crippen LogP contribution >= 0.6 is 0 Å². The summed E-state index contributed by atoms with van der Waals surface area (Å²) >= 11 is 0. The predicted octanol–water partition coefficient (Wildman–Crippen LogP) is 2.28. The van der Waals surface area contributed by atoms with E-state index >= 15 is 0 Å². The highest BCUT2D eigenvalue weighted by molar-refractivity contribution is 5.13. The van der Waals surface area contributed by atoms with Crippen molar-refractivity contribution < 1.29 is 5.11 Å². The lowest BCUT2D eigenvalue weighted by Crippen LogP contribution is -2.19. The molecule has 0 saturated heterocycles. The molecule has 1 aromatic rings. The second kappa shape index (κ2) is 8.25. The SMILES string of the molecule is CC(NCCCCCCO)c1ccncc1. The summed E-state index contributed by atoms with van der Waals surface area (Å²) in [7, 11) is 0. The van der Waals surface area contributed by atoms with Gasteiger partial charge in [0.25, 0.3) is 0 Å². The molecule has 0 aliphatic heterocycles. The summed E-state index contributed by atoms with van der Waals surface area (Å²) in [6.07, 6.45) is 8.08. The minimum Gasteiger partial charge on any atom is -0.396 e. The quantitative estimate of drug-likeness (QED) is 0.663. The maximum atomic E-state index is 8.64. The van der Waals surface area contributed by atoms with Crippen LogP contribution in [0, 0.1) is 0 Å². The molecule has 0 fully saturated rings. The molecule has 16 heavy (non-hydrogen) atoms. The van der Waals surface area contributed by atoms with Gasteiger partial charge in [-0.3, -0.25) is 4.98 Å². The summed E-state index contributed by atoms with van der Waals surface area (Å²) in [4.78, 5) is 4.01. The summed E-state index contributed by atoms with van der Waals surface area (Å²) in [5.41, 5.74) is 1.28. The lowest BCUT2D eigenvalue weighted by atomic mass is 10.1. The Kier molecular flexibility index (Phi) is 6.77. The summed E-state index contributed by atoms with van der Waals surface area (Å²) in [5, 5.41) is 12.1. The van der Waals surface area contributed by atoms with E-state index in [0.717, 1.165) is 19.4 Å². The summed E-state index contributed by atoms with van der Waals surface area (Å²) in [5.74, 6) is 0. The Balaban J connectivity index is 2.09. The van der Waals surface area contributed by atoms with E-state index in [1.165, 1.54) is 18.4 Å². The molecule has 0 saturated carbocycles. The molecule has 0 amide bonds. The van der Waals surface area contributed by atoms with Crippen LogP contribution in [0.3, 0.4) is 0 Å². The lowest BCUT2D eigenvalue weighted by molar-refractivity contribution is 0.282. The molecular weight excluding hydrogens is 200 g/mol. The third-order valence-electron chi connectivity index (χ3n) is 2.74. The van der Waals surface area contributed by atoms with Crippen LogP contribution in [-0.2, 0) is 0 Å². The smallest absolute Gasteiger partial charge is 0.0431 e. The first-order valence-electron chi connectivity index (χ1n) is 6.08. The van der Waals surface area contributed by atoms with Crippen molar-refractivity contribution in [1.29, 1.82) is 0 Å². The number of aliphatic hydroxyl groups is 1. The molecule has 0 aromatic carbocycles. The molecular formula is C13H22N2O. The van der Waals surface area contributed by atoms with Gasteiger partial charge in [0.1, 0.15) is 0 Å². The number of nitrogens with one attached hydrogen (secondary N) is 1. The van der Waals surface area contributed by atoms with Crippen molar-refractivity contribution in [1.82, 2.24) is 10.3 Å². The Labute approximate surface area is 97.9 Å². The van der Waals surface area contributed by atoms with Crippen LogP contribution in [-0.4, -0.2) is 23.2 Å². The van der Waals surface area contributed by atoms with Crippen molar-refractivity contribution >= 4 is 0 Å². The fraction of sp³-hybridized carbons (Fsp3) is 0.615. The first-order valence-corrected chi connectivity index (χ1v) is 6.08. The average Bonchev–Trinajstić information content (AvgIpc) is 2.34.